The molecule has 19 heavy (non-hydrogen) atoms. The van der Waals surface area contributed by atoms with Gasteiger partial charge in [0.25, 0.3) is 0 Å². The lowest BCUT2D eigenvalue weighted by Crippen LogP contribution is -1.97. The number of sulfone groups is 1. The molecule has 2 rings (SSSR count). The summed E-state index contributed by atoms with van der Waals surface area (Å²) in [6.07, 6.45) is 1.15. The number of rotatable bonds is 4. The van der Waals surface area contributed by atoms with E-state index in [1.54, 1.807) is 30.3 Å². The van der Waals surface area contributed by atoms with E-state index in [0.717, 1.165) is 6.26 Å². The Bertz CT molecular complexity index is 665. The average Bonchev–Trinajstić information content (AvgIpc) is 2.38. The third-order valence-corrected chi connectivity index (χ3v) is 3.55. The van der Waals surface area contributed by atoms with Crippen LogP contribution >= 0.6 is 0 Å². The smallest absolute Gasteiger partial charge is 0.219 e. The molecule has 5 nitrogen and oxygen atoms in total. The Morgan fingerprint density at radius 2 is 1.84 bits per heavy atom. The molecule has 1 heterocycles. The Morgan fingerprint density at radius 1 is 1.16 bits per heavy atom. The summed E-state index contributed by atoms with van der Waals surface area (Å²) in [5.41, 5.74) is 0.505. The Balaban J connectivity index is 2.19. The molecular formula is C13H13NO4S. The molecule has 1 aromatic heterocycles. The van der Waals surface area contributed by atoms with Crippen molar-refractivity contribution in [3.63, 3.8) is 0 Å². The summed E-state index contributed by atoms with van der Waals surface area (Å²) in [4.78, 5) is 4.30. The van der Waals surface area contributed by atoms with Crippen molar-refractivity contribution in [1.29, 1.82) is 0 Å². The highest BCUT2D eigenvalue weighted by Gasteiger charge is 2.07. The number of benzene rings is 1. The van der Waals surface area contributed by atoms with Gasteiger partial charge in [0.1, 0.15) is 5.75 Å². The van der Waals surface area contributed by atoms with Gasteiger partial charge in [0.05, 0.1) is 17.2 Å². The summed E-state index contributed by atoms with van der Waals surface area (Å²) in [7, 11) is -3.21. The molecule has 0 bridgehead atoms. The van der Waals surface area contributed by atoms with Gasteiger partial charge in [-0.25, -0.2) is 13.4 Å². The van der Waals surface area contributed by atoms with E-state index in [-0.39, 0.29) is 11.5 Å². The van der Waals surface area contributed by atoms with Crippen molar-refractivity contribution in [1.82, 2.24) is 4.98 Å². The third kappa shape index (κ3) is 3.52. The van der Waals surface area contributed by atoms with E-state index < -0.39 is 9.84 Å². The number of aliphatic hydroxyl groups excluding tert-OH is 1. The van der Waals surface area contributed by atoms with Gasteiger partial charge in [0, 0.05) is 12.3 Å². The van der Waals surface area contributed by atoms with Gasteiger partial charge in [-0.3, -0.25) is 0 Å². The fourth-order valence-corrected chi connectivity index (χ4v) is 2.11. The van der Waals surface area contributed by atoms with Crippen LogP contribution in [0.4, 0.5) is 0 Å². The summed E-state index contributed by atoms with van der Waals surface area (Å²) in [5.74, 6) is 0.827. The number of ether oxygens (including phenoxy) is 1. The Hall–Kier alpha value is -1.92. The second-order valence-electron chi connectivity index (χ2n) is 3.97. The van der Waals surface area contributed by atoms with Crippen molar-refractivity contribution in [2.45, 2.75) is 11.5 Å². The van der Waals surface area contributed by atoms with Crippen LogP contribution in [-0.2, 0) is 16.4 Å². The normalized spacial score (nSPS) is 11.3. The topological polar surface area (TPSA) is 76.5 Å². The first-order chi connectivity index (χ1) is 8.99. The molecular weight excluding hydrogens is 266 g/mol. The lowest BCUT2D eigenvalue weighted by Gasteiger charge is -2.06. The molecule has 0 spiro atoms. The van der Waals surface area contributed by atoms with Crippen molar-refractivity contribution in [3.05, 3.63) is 48.2 Å². The molecule has 0 atom stereocenters. The summed E-state index contributed by atoms with van der Waals surface area (Å²) in [6.45, 7) is -0.162. The molecule has 0 aliphatic heterocycles. The van der Waals surface area contributed by atoms with Crippen molar-refractivity contribution in [3.8, 4) is 11.6 Å². The maximum atomic E-state index is 11.3. The molecule has 0 saturated carbocycles. The highest BCUT2D eigenvalue weighted by atomic mass is 32.2. The second kappa shape index (κ2) is 5.38. The maximum Gasteiger partial charge on any atom is 0.219 e. The van der Waals surface area contributed by atoms with Crippen molar-refractivity contribution >= 4 is 9.84 Å². The van der Waals surface area contributed by atoms with Crippen LogP contribution in [-0.4, -0.2) is 24.8 Å². The molecule has 2 aromatic rings. The molecule has 0 unspecified atom stereocenters. The van der Waals surface area contributed by atoms with Gasteiger partial charge in [0.15, 0.2) is 9.84 Å². The SMILES string of the molecule is CS(=O)(=O)c1ccc(Oc2cccc(CO)n2)cc1. The van der Waals surface area contributed by atoms with Crippen LogP contribution in [0.15, 0.2) is 47.4 Å². The number of hydrogen-bond acceptors (Lipinski definition) is 5. The highest BCUT2D eigenvalue weighted by molar-refractivity contribution is 7.90. The zero-order chi connectivity index (χ0) is 13.9. The molecule has 6 heteroatoms. The van der Waals surface area contributed by atoms with E-state index in [0.29, 0.717) is 17.3 Å². The first-order valence-corrected chi connectivity index (χ1v) is 7.43. The van der Waals surface area contributed by atoms with Gasteiger partial charge < -0.3 is 9.84 Å². The lowest BCUT2D eigenvalue weighted by atomic mass is 10.3. The second-order valence-corrected chi connectivity index (χ2v) is 5.99. The molecule has 0 saturated heterocycles. The maximum absolute atomic E-state index is 11.3. The molecule has 1 aromatic carbocycles. The number of nitrogens with zero attached hydrogens (tertiary/aromatic N) is 1. The van der Waals surface area contributed by atoms with Crippen molar-refractivity contribution < 1.29 is 18.3 Å². The summed E-state index contributed by atoms with van der Waals surface area (Å²) in [6, 6.07) is 11.1. The zero-order valence-electron chi connectivity index (χ0n) is 10.3. The number of hydrogen-bond donors (Lipinski definition) is 1. The zero-order valence-corrected chi connectivity index (χ0v) is 11.1. The van der Waals surface area contributed by atoms with Gasteiger partial charge >= 0.3 is 0 Å². The first kappa shape index (κ1) is 13.5. The van der Waals surface area contributed by atoms with Crippen LogP contribution in [0, 0.1) is 0 Å². The predicted octanol–water partition coefficient (Wildman–Crippen LogP) is 1.77. The molecule has 0 radical (unpaired) electrons. The Kier molecular flexibility index (Phi) is 3.82. The highest BCUT2D eigenvalue weighted by Crippen LogP contribution is 2.21. The number of aliphatic hydroxyl groups is 1. The quantitative estimate of drug-likeness (QED) is 0.923. The van der Waals surface area contributed by atoms with Crippen LogP contribution in [0.1, 0.15) is 5.69 Å². The van der Waals surface area contributed by atoms with Crippen LogP contribution < -0.4 is 4.74 Å². The van der Waals surface area contributed by atoms with E-state index in [2.05, 4.69) is 4.98 Å². The van der Waals surface area contributed by atoms with Crippen LogP contribution in [0.3, 0.4) is 0 Å². The number of pyridine rings is 1. The number of aromatic nitrogens is 1. The van der Waals surface area contributed by atoms with Crippen LogP contribution in [0.5, 0.6) is 11.6 Å². The largest absolute Gasteiger partial charge is 0.439 e. The van der Waals surface area contributed by atoms with E-state index in [9.17, 15) is 8.42 Å². The summed E-state index contributed by atoms with van der Waals surface area (Å²) < 4.78 is 28.1. The van der Waals surface area contributed by atoms with E-state index in [1.807, 2.05) is 0 Å². The monoisotopic (exact) mass is 279 g/mol. The molecule has 0 aliphatic rings. The standard InChI is InChI=1S/C13H13NO4S/c1-19(16,17)12-7-5-11(6-8-12)18-13-4-2-3-10(9-15)14-13/h2-8,15H,9H2,1H3. The van der Waals surface area contributed by atoms with Gasteiger partial charge in [0.2, 0.25) is 5.88 Å². The van der Waals surface area contributed by atoms with Gasteiger partial charge in [-0.05, 0) is 30.3 Å². The van der Waals surface area contributed by atoms with Gasteiger partial charge in [-0.1, -0.05) is 6.07 Å². The minimum Gasteiger partial charge on any atom is -0.439 e. The van der Waals surface area contributed by atoms with E-state index >= 15 is 0 Å². The van der Waals surface area contributed by atoms with Crippen molar-refractivity contribution in [2.75, 3.05) is 6.26 Å². The van der Waals surface area contributed by atoms with Gasteiger partial charge in [-0.2, -0.15) is 0 Å². The summed E-state index contributed by atoms with van der Waals surface area (Å²) >= 11 is 0. The molecule has 0 fully saturated rings. The van der Waals surface area contributed by atoms with E-state index in [4.69, 9.17) is 9.84 Å². The molecule has 0 amide bonds. The Morgan fingerprint density at radius 3 is 2.42 bits per heavy atom. The molecule has 0 aliphatic carbocycles. The minimum atomic E-state index is -3.21. The third-order valence-electron chi connectivity index (χ3n) is 2.42. The Labute approximate surface area is 111 Å². The minimum absolute atomic E-state index is 0.162. The lowest BCUT2D eigenvalue weighted by molar-refractivity contribution is 0.275. The fourth-order valence-electron chi connectivity index (χ4n) is 1.48. The summed E-state index contributed by atoms with van der Waals surface area (Å²) in [5, 5.41) is 8.97. The van der Waals surface area contributed by atoms with Crippen LogP contribution in [0.25, 0.3) is 0 Å². The van der Waals surface area contributed by atoms with Crippen LogP contribution in [0.2, 0.25) is 0 Å². The van der Waals surface area contributed by atoms with Gasteiger partial charge in [-0.15, -0.1) is 0 Å². The molecule has 1 N–H and O–H groups in total. The first-order valence-electron chi connectivity index (χ1n) is 5.54. The predicted molar refractivity (Wildman–Crippen MR) is 69.8 cm³/mol. The van der Waals surface area contributed by atoms with Crippen molar-refractivity contribution in [2.24, 2.45) is 0 Å². The molecule has 100 valence electrons. The van der Waals surface area contributed by atoms with E-state index in [1.165, 1.54) is 12.1 Å². The fraction of sp³-hybridized carbons (Fsp3) is 0.154. The average molecular weight is 279 g/mol.